The molecule has 4 N–H and O–H groups in total. The molecule has 2 fully saturated rings. The lowest BCUT2D eigenvalue weighted by Crippen LogP contribution is -2.41. The van der Waals surface area contributed by atoms with E-state index in [1.165, 1.54) is 21.5 Å². The molecule has 0 aliphatic heterocycles. The van der Waals surface area contributed by atoms with Crippen molar-refractivity contribution in [2.45, 2.75) is 62.6 Å². The number of carbonyl (C=O) groups excluding carboxylic acids is 1. The molecule has 12 heteroatoms. The van der Waals surface area contributed by atoms with E-state index in [9.17, 15) is 23.5 Å². The molecule has 3 heterocycles. The summed E-state index contributed by atoms with van der Waals surface area (Å²) in [6, 6.07) is 4.09. The van der Waals surface area contributed by atoms with Crippen molar-refractivity contribution in [2.24, 2.45) is 0 Å². The predicted octanol–water partition coefficient (Wildman–Crippen LogP) is 2.68. The average molecular weight is 488 g/mol. The Hall–Kier alpha value is -3.54. The van der Waals surface area contributed by atoms with Crippen LogP contribution in [0.2, 0.25) is 0 Å². The smallest absolute Gasteiger partial charge is 0.274 e. The number of carbonyl (C=O) groups is 1. The summed E-state index contributed by atoms with van der Waals surface area (Å²) in [5, 5.41) is 23.3. The number of hydrogen-bond acceptors (Lipinski definition) is 7. The molecular formula is C23H27F2N7O3. The van der Waals surface area contributed by atoms with E-state index >= 15 is 0 Å². The van der Waals surface area contributed by atoms with Gasteiger partial charge in [-0.3, -0.25) is 9.59 Å². The third-order valence-corrected chi connectivity index (χ3v) is 6.72. The van der Waals surface area contributed by atoms with Gasteiger partial charge in [-0.2, -0.15) is 9.61 Å². The first-order valence-corrected chi connectivity index (χ1v) is 11.5. The Morgan fingerprint density at radius 2 is 2.06 bits per heavy atom. The molecule has 0 bridgehead atoms. The zero-order chi connectivity index (χ0) is 25.0. The highest BCUT2D eigenvalue weighted by Crippen LogP contribution is 2.44. The summed E-state index contributed by atoms with van der Waals surface area (Å²) in [5.74, 6) is -2.29. The first-order valence-electron chi connectivity index (χ1n) is 11.5. The molecule has 1 amide bonds. The van der Waals surface area contributed by atoms with Gasteiger partial charge < -0.3 is 25.6 Å². The van der Waals surface area contributed by atoms with Crippen molar-refractivity contribution in [3.05, 3.63) is 46.5 Å². The number of aromatic nitrogens is 4. The molecule has 2 aliphatic rings. The van der Waals surface area contributed by atoms with Crippen LogP contribution in [0.15, 0.2) is 35.4 Å². The van der Waals surface area contributed by atoms with Crippen LogP contribution in [-0.4, -0.2) is 54.8 Å². The maximum atomic E-state index is 13.3. The average Bonchev–Trinajstić information content (AvgIpc) is 3.35. The number of nitrogens with one attached hydrogen (secondary N) is 3. The van der Waals surface area contributed by atoms with Crippen molar-refractivity contribution in [3.63, 3.8) is 0 Å². The summed E-state index contributed by atoms with van der Waals surface area (Å²) < 4.78 is 29.4. The number of pyridine rings is 1. The van der Waals surface area contributed by atoms with Gasteiger partial charge in [0, 0.05) is 44.2 Å². The maximum absolute atomic E-state index is 13.3. The number of aliphatic hydroxyl groups is 1. The van der Waals surface area contributed by atoms with Crippen molar-refractivity contribution in [3.8, 4) is 0 Å². The van der Waals surface area contributed by atoms with Gasteiger partial charge in [-0.25, -0.2) is 13.8 Å². The van der Waals surface area contributed by atoms with Crippen LogP contribution in [0.4, 0.5) is 26.1 Å². The van der Waals surface area contributed by atoms with Gasteiger partial charge in [0.2, 0.25) is 0 Å². The van der Waals surface area contributed by atoms with Gasteiger partial charge in [0.1, 0.15) is 22.9 Å². The van der Waals surface area contributed by atoms with Crippen LogP contribution in [0.5, 0.6) is 0 Å². The number of nitrogens with zero attached hydrogens (tertiary/aromatic N) is 4. The van der Waals surface area contributed by atoms with E-state index < -0.39 is 23.1 Å². The fourth-order valence-electron chi connectivity index (χ4n) is 4.83. The Bertz CT molecular complexity index is 1340. The van der Waals surface area contributed by atoms with Gasteiger partial charge in [0.25, 0.3) is 17.4 Å². The van der Waals surface area contributed by atoms with Crippen LogP contribution < -0.4 is 21.5 Å². The molecule has 5 rings (SSSR count). The topological polar surface area (TPSA) is 126 Å². The number of amides is 1. The van der Waals surface area contributed by atoms with Crippen LogP contribution >= 0.6 is 0 Å². The molecule has 1 unspecified atom stereocenters. The second-order valence-electron chi connectivity index (χ2n) is 9.66. The molecule has 35 heavy (non-hydrogen) atoms. The lowest BCUT2D eigenvalue weighted by molar-refractivity contribution is -0.104. The number of rotatable bonds is 6. The molecule has 0 radical (unpaired) electrons. The van der Waals surface area contributed by atoms with Gasteiger partial charge >= 0.3 is 0 Å². The van der Waals surface area contributed by atoms with E-state index in [0.717, 1.165) is 0 Å². The Morgan fingerprint density at radius 3 is 2.71 bits per heavy atom. The predicted molar refractivity (Wildman–Crippen MR) is 125 cm³/mol. The molecule has 3 aromatic rings. The highest BCUT2D eigenvalue weighted by Gasteiger charge is 2.46. The van der Waals surface area contributed by atoms with E-state index in [1.807, 2.05) is 0 Å². The van der Waals surface area contributed by atoms with Crippen molar-refractivity contribution < 1.29 is 18.7 Å². The summed E-state index contributed by atoms with van der Waals surface area (Å²) in [6.07, 6.45) is 3.94. The third-order valence-electron chi connectivity index (χ3n) is 6.72. The Morgan fingerprint density at radius 1 is 1.29 bits per heavy atom. The van der Waals surface area contributed by atoms with Crippen LogP contribution in [0.1, 0.15) is 55.4 Å². The molecule has 3 aromatic heterocycles. The van der Waals surface area contributed by atoms with Crippen molar-refractivity contribution in [1.82, 2.24) is 24.5 Å². The summed E-state index contributed by atoms with van der Waals surface area (Å²) >= 11 is 0. The molecule has 0 saturated heterocycles. The highest BCUT2D eigenvalue weighted by molar-refractivity contribution is 6.00. The van der Waals surface area contributed by atoms with Crippen molar-refractivity contribution >= 4 is 28.9 Å². The highest BCUT2D eigenvalue weighted by atomic mass is 19.3. The fraction of sp³-hybridized carbons (Fsp3) is 0.478. The first-order chi connectivity index (χ1) is 16.5. The van der Waals surface area contributed by atoms with Crippen molar-refractivity contribution in [2.75, 3.05) is 17.7 Å². The molecular weight excluding hydrogens is 460 g/mol. The van der Waals surface area contributed by atoms with Gasteiger partial charge in [-0.1, -0.05) is 0 Å². The summed E-state index contributed by atoms with van der Waals surface area (Å²) in [7, 11) is 1.69. The van der Waals surface area contributed by atoms with Crippen LogP contribution in [-0.2, 0) is 0 Å². The van der Waals surface area contributed by atoms with Crippen LogP contribution in [0, 0.1) is 0 Å². The number of anilines is 3. The second-order valence-corrected chi connectivity index (χ2v) is 9.66. The zero-order valence-electron chi connectivity index (χ0n) is 19.4. The standard InChI is InChI=1S/C23H27F2N7O3/c1-22(35)6-5-13(9-22)28-20(33)15-12-27-32-18(26-2)8-17(30-19(15)32)29-16-4-3-7-31(21(16)34)14-10-23(24,25)11-14/h3-4,7-8,12-14,26,35H,5-6,9-11H2,1-2H3,(H,28,33)(H,29,30)/t13?,22-/m0/s1. The molecule has 2 aliphatic carbocycles. The van der Waals surface area contributed by atoms with Gasteiger partial charge in [0.05, 0.1) is 11.8 Å². The summed E-state index contributed by atoms with van der Waals surface area (Å²) in [5.41, 5.74) is -0.526. The van der Waals surface area contributed by atoms with Crippen LogP contribution in [0.3, 0.4) is 0 Å². The third kappa shape index (κ3) is 4.45. The molecule has 0 spiro atoms. The minimum Gasteiger partial charge on any atom is -0.390 e. The maximum Gasteiger partial charge on any atom is 0.274 e. The number of fused-ring (bicyclic) bond motifs is 1. The number of halogens is 2. The Balaban J connectivity index is 1.43. The SMILES string of the molecule is CNc1cc(Nc2cccn(C3CC(F)(F)C3)c2=O)nc2c(C(=O)NC3CC[C@](C)(O)C3)cnn12. The molecule has 2 atom stereocenters. The molecule has 10 nitrogen and oxygen atoms in total. The van der Waals surface area contributed by atoms with E-state index in [1.54, 1.807) is 32.2 Å². The molecule has 186 valence electrons. The molecule has 2 saturated carbocycles. The fourth-order valence-corrected chi connectivity index (χ4v) is 4.83. The first kappa shape index (κ1) is 23.2. The monoisotopic (exact) mass is 487 g/mol. The van der Waals surface area contributed by atoms with Crippen molar-refractivity contribution in [1.29, 1.82) is 0 Å². The van der Waals surface area contributed by atoms with E-state index in [4.69, 9.17) is 0 Å². The second kappa shape index (κ2) is 8.29. The quantitative estimate of drug-likeness (QED) is 0.421. The van der Waals surface area contributed by atoms with E-state index in [0.29, 0.717) is 25.1 Å². The summed E-state index contributed by atoms with van der Waals surface area (Å²) in [4.78, 5) is 30.4. The number of alkyl halides is 2. The summed E-state index contributed by atoms with van der Waals surface area (Å²) in [6.45, 7) is 1.75. The van der Waals surface area contributed by atoms with Gasteiger partial charge in [-0.05, 0) is 38.3 Å². The minimum absolute atomic E-state index is 0.154. The number of hydrogen-bond donors (Lipinski definition) is 4. The Kier molecular flexibility index (Phi) is 5.50. The van der Waals surface area contributed by atoms with Gasteiger partial charge in [-0.15, -0.1) is 0 Å². The zero-order valence-corrected chi connectivity index (χ0v) is 19.4. The largest absolute Gasteiger partial charge is 0.390 e. The molecule has 0 aromatic carbocycles. The Labute approximate surface area is 199 Å². The van der Waals surface area contributed by atoms with Crippen LogP contribution in [0.25, 0.3) is 5.65 Å². The van der Waals surface area contributed by atoms with Gasteiger partial charge in [0.15, 0.2) is 5.65 Å². The normalized spacial score (nSPS) is 23.7. The minimum atomic E-state index is -2.74. The lowest BCUT2D eigenvalue weighted by Gasteiger charge is -2.36. The van der Waals surface area contributed by atoms with E-state index in [-0.39, 0.29) is 47.5 Å². The van der Waals surface area contributed by atoms with E-state index in [2.05, 4.69) is 26.0 Å². The lowest BCUT2D eigenvalue weighted by atomic mass is 9.88.